The average molecular weight is 354 g/mol. The van der Waals surface area contributed by atoms with Gasteiger partial charge in [0, 0.05) is 22.7 Å². The summed E-state index contributed by atoms with van der Waals surface area (Å²) in [6.07, 6.45) is 3.23. The molecule has 4 heterocycles. The van der Waals surface area contributed by atoms with Gasteiger partial charge in [-0.15, -0.1) is 0 Å². The van der Waals surface area contributed by atoms with E-state index in [2.05, 4.69) is 27.7 Å². The maximum Gasteiger partial charge on any atom is 0.0938 e. The Hall–Kier alpha value is -0.200. The van der Waals surface area contributed by atoms with Crippen LogP contribution in [-0.4, -0.2) is 64.1 Å². The van der Waals surface area contributed by atoms with E-state index >= 15 is 0 Å². The van der Waals surface area contributed by atoms with Crippen molar-refractivity contribution in [3.63, 3.8) is 0 Å². The van der Waals surface area contributed by atoms with Gasteiger partial charge in [0.2, 0.25) is 0 Å². The molecule has 0 N–H and O–H groups in total. The summed E-state index contributed by atoms with van der Waals surface area (Å²) >= 11 is 0. The van der Waals surface area contributed by atoms with Crippen molar-refractivity contribution in [1.29, 1.82) is 0 Å². The largest absolute Gasteiger partial charge is 0.380 e. The van der Waals surface area contributed by atoms with Gasteiger partial charge in [0.05, 0.1) is 64.1 Å². The fourth-order valence-electron chi connectivity index (χ4n) is 4.73. The molecule has 8 unspecified atom stereocenters. The maximum absolute atomic E-state index is 6.21. The summed E-state index contributed by atoms with van der Waals surface area (Å²) in [4.78, 5) is 0. The lowest BCUT2D eigenvalue weighted by molar-refractivity contribution is -0.306. The van der Waals surface area contributed by atoms with E-state index in [1.54, 1.807) is 0 Å². The van der Waals surface area contributed by atoms with Crippen LogP contribution in [0.1, 0.15) is 40.5 Å². The van der Waals surface area contributed by atoms with Crippen molar-refractivity contribution in [2.24, 2.45) is 22.7 Å². The molecule has 4 saturated heterocycles. The van der Waals surface area contributed by atoms with Crippen LogP contribution in [0.5, 0.6) is 0 Å². The smallest absolute Gasteiger partial charge is 0.0938 e. The summed E-state index contributed by atoms with van der Waals surface area (Å²) in [5.41, 5.74) is 0.155. The van der Waals surface area contributed by atoms with Gasteiger partial charge in [0.1, 0.15) is 0 Å². The van der Waals surface area contributed by atoms with Gasteiger partial charge in [-0.2, -0.15) is 0 Å². The van der Waals surface area contributed by atoms with Crippen molar-refractivity contribution in [2.45, 2.75) is 65.0 Å². The van der Waals surface area contributed by atoms with Gasteiger partial charge in [0.25, 0.3) is 0 Å². The summed E-state index contributed by atoms with van der Waals surface area (Å²) in [6, 6.07) is 0. The molecule has 8 atom stereocenters. The second-order valence-corrected chi connectivity index (χ2v) is 9.20. The molecule has 5 nitrogen and oxygen atoms in total. The van der Waals surface area contributed by atoms with Crippen LogP contribution >= 0.6 is 0 Å². The molecule has 0 amide bonds. The van der Waals surface area contributed by atoms with Crippen molar-refractivity contribution < 1.29 is 23.7 Å². The summed E-state index contributed by atoms with van der Waals surface area (Å²) in [7, 11) is 0. The van der Waals surface area contributed by atoms with Crippen LogP contribution < -0.4 is 0 Å². The van der Waals surface area contributed by atoms with Crippen LogP contribution in [0.25, 0.3) is 0 Å². The minimum atomic E-state index is 0.0773. The molecule has 4 aliphatic rings. The molecular formula is C20H34O5. The average Bonchev–Trinajstić information content (AvgIpc) is 2.53. The SMILES string of the molecule is CCC1COC1C1OCC1(C)COCC1(C)COC1C1OCC1CC. The van der Waals surface area contributed by atoms with Gasteiger partial charge < -0.3 is 23.7 Å². The quantitative estimate of drug-likeness (QED) is 0.671. The number of hydrogen-bond acceptors (Lipinski definition) is 5. The molecule has 0 aromatic carbocycles. The van der Waals surface area contributed by atoms with E-state index in [4.69, 9.17) is 23.7 Å². The molecular weight excluding hydrogens is 320 g/mol. The lowest BCUT2D eigenvalue weighted by Crippen LogP contribution is -2.65. The summed E-state index contributed by atoms with van der Waals surface area (Å²) < 4.78 is 29.5. The molecule has 4 aliphatic heterocycles. The van der Waals surface area contributed by atoms with Crippen LogP contribution in [0.15, 0.2) is 0 Å². The van der Waals surface area contributed by atoms with Crippen LogP contribution in [0.2, 0.25) is 0 Å². The highest BCUT2D eigenvalue weighted by atomic mass is 16.6. The number of ether oxygens (including phenoxy) is 5. The Balaban J connectivity index is 1.26. The number of rotatable bonds is 8. The van der Waals surface area contributed by atoms with Gasteiger partial charge in [-0.3, -0.25) is 0 Å². The molecule has 4 rings (SSSR count). The molecule has 0 bridgehead atoms. The topological polar surface area (TPSA) is 46.2 Å². The Morgan fingerprint density at radius 1 is 0.760 bits per heavy atom. The Morgan fingerprint density at radius 2 is 1.20 bits per heavy atom. The van der Waals surface area contributed by atoms with Crippen LogP contribution in [0.3, 0.4) is 0 Å². The van der Waals surface area contributed by atoms with Crippen molar-refractivity contribution in [3.8, 4) is 0 Å². The fourth-order valence-corrected chi connectivity index (χ4v) is 4.73. The van der Waals surface area contributed by atoms with E-state index in [9.17, 15) is 0 Å². The Morgan fingerprint density at radius 3 is 1.44 bits per heavy atom. The van der Waals surface area contributed by atoms with Crippen LogP contribution in [0.4, 0.5) is 0 Å². The molecule has 0 spiro atoms. The highest BCUT2D eigenvalue weighted by molar-refractivity contribution is 5.02. The Labute approximate surface area is 151 Å². The predicted octanol–water partition coefficient (Wildman–Crippen LogP) is 2.66. The van der Waals surface area contributed by atoms with E-state index < -0.39 is 0 Å². The zero-order chi connectivity index (χ0) is 17.7. The Kier molecular flexibility index (Phi) is 4.91. The predicted molar refractivity (Wildman–Crippen MR) is 93.6 cm³/mol. The summed E-state index contributed by atoms with van der Waals surface area (Å²) in [5.74, 6) is 1.29. The third kappa shape index (κ3) is 2.96. The first-order valence-corrected chi connectivity index (χ1v) is 10.0. The first-order chi connectivity index (χ1) is 12.0. The van der Waals surface area contributed by atoms with Crippen molar-refractivity contribution >= 4 is 0 Å². The molecule has 0 saturated carbocycles. The molecule has 144 valence electrons. The molecule has 4 fully saturated rings. The minimum Gasteiger partial charge on any atom is -0.380 e. The van der Waals surface area contributed by atoms with E-state index in [-0.39, 0.29) is 35.2 Å². The van der Waals surface area contributed by atoms with Crippen molar-refractivity contribution in [1.82, 2.24) is 0 Å². The molecule has 0 aromatic rings. The van der Waals surface area contributed by atoms with E-state index in [0.717, 1.165) is 39.6 Å². The molecule has 5 heteroatoms. The molecule has 0 radical (unpaired) electrons. The highest BCUT2D eigenvalue weighted by Crippen LogP contribution is 2.46. The summed E-state index contributed by atoms with van der Waals surface area (Å²) in [6.45, 7) is 13.8. The second kappa shape index (κ2) is 6.75. The fraction of sp³-hybridized carbons (Fsp3) is 1.00. The normalized spacial score (nSPS) is 51.8. The third-order valence-corrected chi connectivity index (χ3v) is 7.00. The first kappa shape index (κ1) is 18.2. The maximum atomic E-state index is 6.21. The molecule has 0 aliphatic carbocycles. The first-order valence-electron chi connectivity index (χ1n) is 10.0. The lowest BCUT2D eigenvalue weighted by atomic mass is 9.72. The third-order valence-electron chi connectivity index (χ3n) is 7.00. The van der Waals surface area contributed by atoms with E-state index in [1.165, 1.54) is 12.8 Å². The van der Waals surface area contributed by atoms with Gasteiger partial charge >= 0.3 is 0 Å². The van der Waals surface area contributed by atoms with Crippen molar-refractivity contribution in [3.05, 3.63) is 0 Å². The summed E-state index contributed by atoms with van der Waals surface area (Å²) in [5, 5.41) is 0. The van der Waals surface area contributed by atoms with E-state index in [0.29, 0.717) is 11.8 Å². The van der Waals surface area contributed by atoms with Crippen LogP contribution in [-0.2, 0) is 23.7 Å². The molecule has 25 heavy (non-hydrogen) atoms. The lowest BCUT2D eigenvalue weighted by Gasteiger charge is -2.56. The zero-order valence-corrected chi connectivity index (χ0v) is 16.2. The standard InChI is InChI=1S/C20H34O5/c1-5-13-7-22-15(13)17-19(3,11-24-17)9-21-10-20(4)12-25-18(20)16-14(6-2)8-23-16/h13-18H,5-12H2,1-4H3. The second-order valence-electron chi connectivity index (χ2n) is 9.20. The minimum absolute atomic E-state index is 0.0773. The monoisotopic (exact) mass is 354 g/mol. The number of hydrogen-bond donors (Lipinski definition) is 0. The van der Waals surface area contributed by atoms with Gasteiger partial charge in [-0.1, -0.05) is 27.7 Å². The van der Waals surface area contributed by atoms with E-state index in [1.807, 2.05) is 0 Å². The van der Waals surface area contributed by atoms with Gasteiger partial charge in [-0.25, -0.2) is 0 Å². The van der Waals surface area contributed by atoms with Crippen molar-refractivity contribution in [2.75, 3.05) is 39.6 Å². The molecule has 0 aromatic heterocycles. The van der Waals surface area contributed by atoms with Gasteiger partial charge in [-0.05, 0) is 12.8 Å². The Bertz CT molecular complexity index is 439. The zero-order valence-electron chi connectivity index (χ0n) is 16.2. The highest BCUT2D eigenvalue weighted by Gasteiger charge is 2.56. The van der Waals surface area contributed by atoms with Gasteiger partial charge in [0.15, 0.2) is 0 Å². The van der Waals surface area contributed by atoms with Crippen LogP contribution in [0, 0.1) is 22.7 Å².